The van der Waals surface area contributed by atoms with Crippen molar-refractivity contribution in [2.75, 3.05) is 81.5 Å². The summed E-state index contributed by atoms with van der Waals surface area (Å²) in [6.07, 6.45) is 11.5. The maximum absolute atomic E-state index is 14.2. The fourth-order valence-electron chi connectivity index (χ4n) is 8.67. The average molecular weight is 977 g/mol. The molecule has 1 atom stereocenters. The normalized spacial score (nSPS) is 19.5. The number of piperazine rings is 1. The number of nitrogens with zero attached hydrogens (tertiary/aromatic N) is 3. The Balaban J connectivity index is 1.01. The molecule has 0 aromatic heterocycles. The van der Waals surface area contributed by atoms with Gasteiger partial charge in [-0.15, -0.1) is 11.8 Å². The van der Waals surface area contributed by atoms with Gasteiger partial charge in [0, 0.05) is 85.3 Å². The van der Waals surface area contributed by atoms with E-state index in [1.165, 1.54) is 40.6 Å². The molecular weight excluding hydrogens is 919 g/mol. The molecule has 0 bridgehead atoms. The van der Waals surface area contributed by atoms with Crippen LogP contribution < -0.4 is 14.9 Å². The van der Waals surface area contributed by atoms with Crippen molar-refractivity contribution >= 4 is 66.1 Å². The highest BCUT2D eigenvalue weighted by molar-refractivity contribution is 8.03. The van der Waals surface area contributed by atoms with Crippen molar-refractivity contribution < 1.29 is 39.5 Å². The van der Waals surface area contributed by atoms with Crippen LogP contribution in [0.1, 0.15) is 68.3 Å². The third-order valence-corrected chi connectivity index (χ3v) is 16.7. The second-order valence-electron chi connectivity index (χ2n) is 17.8. The monoisotopic (exact) mass is 975 g/mol. The van der Waals surface area contributed by atoms with Gasteiger partial charge in [-0.1, -0.05) is 61.4 Å². The number of rotatable bonds is 16. The molecule has 11 nitrogen and oxygen atoms in total. The molecule has 0 saturated carbocycles. The summed E-state index contributed by atoms with van der Waals surface area (Å²) >= 11 is 7.69. The Bertz CT molecular complexity index is 2480. The molecule has 2 heterocycles. The van der Waals surface area contributed by atoms with Gasteiger partial charge in [-0.3, -0.25) is 14.6 Å². The summed E-state index contributed by atoms with van der Waals surface area (Å²) in [6.45, 7) is 11.7. The molecule has 0 spiro atoms. The molecular formula is C47H57ClF3N5O6S3. The number of allylic oxidation sites excluding steroid dienone is 4. The van der Waals surface area contributed by atoms with Crippen LogP contribution in [0.15, 0.2) is 105 Å². The van der Waals surface area contributed by atoms with Crippen LogP contribution in [0, 0.1) is 5.41 Å². The van der Waals surface area contributed by atoms with Crippen molar-refractivity contribution in [1.29, 1.82) is 0 Å². The van der Waals surface area contributed by atoms with E-state index in [2.05, 4.69) is 52.1 Å². The maximum Gasteiger partial charge on any atom is 0.501 e. The lowest BCUT2D eigenvalue weighted by atomic mass is 9.73. The Hall–Kier alpha value is -3.84. The number of halogens is 4. The van der Waals surface area contributed by atoms with Crippen LogP contribution in [-0.2, 0) is 24.6 Å². The van der Waals surface area contributed by atoms with Gasteiger partial charge in [-0.2, -0.15) is 13.2 Å². The fraction of sp³-hybridized carbons (Fsp3) is 0.468. The highest BCUT2D eigenvalue weighted by Gasteiger charge is 2.48. The maximum atomic E-state index is 14.2. The summed E-state index contributed by atoms with van der Waals surface area (Å²) in [5.41, 5.74) is -0.980. The first-order valence-corrected chi connectivity index (χ1v) is 26.3. The Kier molecular flexibility index (Phi) is 15.8. The standard InChI is InChI=1S/C47H57ClF3N5O6S3/c1-46(2)20-18-42(34-8-12-37(48)13-9-34)36(31-46)32-55-22-24-56(25-23-55)39-14-10-35(11-15-39)45(57)53-65(60,61)41-16-17-43(44(30-41)64(58,59)47(49,50)51)52-38(19-21-54-26-28-62-29-27-54)33-63-40-6-4-3-5-7-40/h4,6-17,30,38,52H,3,5,18-29,31-33H2,1-2H3,(H,53,57)/t38-/m1/s1. The summed E-state index contributed by atoms with van der Waals surface area (Å²) in [7, 11) is -10.9. The predicted molar refractivity (Wildman–Crippen MR) is 254 cm³/mol. The predicted octanol–water partition coefficient (Wildman–Crippen LogP) is 9.01. The van der Waals surface area contributed by atoms with E-state index < -0.39 is 47.1 Å². The number of hydrogen-bond acceptors (Lipinski definition) is 11. The van der Waals surface area contributed by atoms with Gasteiger partial charge in [-0.25, -0.2) is 21.6 Å². The highest BCUT2D eigenvalue weighted by atomic mass is 35.5. The van der Waals surface area contributed by atoms with E-state index in [1.807, 2.05) is 29.0 Å². The molecule has 2 fully saturated rings. The molecule has 2 N–H and O–H groups in total. The minimum absolute atomic E-state index is 0.00231. The van der Waals surface area contributed by atoms with E-state index in [9.17, 15) is 34.8 Å². The minimum atomic E-state index is -6.04. The number of amides is 1. The van der Waals surface area contributed by atoms with Crippen molar-refractivity contribution in [3.05, 3.63) is 112 Å². The minimum Gasteiger partial charge on any atom is -0.380 e. The van der Waals surface area contributed by atoms with Gasteiger partial charge < -0.3 is 15.0 Å². The van der Waals surface area contributed by atoms with Crippen molar-refractivity contribution in [3.8, 4) is 0 Å². The number of morpholine rings is 1. The molecule has 7 rings (SSSR count). The molecule has 2 aliphatic heterocycles. The molecule has 0 unspecified atom stereocenters. The van der Waals surface area contributed by atoms with Gasteiger partial charge in [-0.05, 0) is 110 Å². The van der Waals surface area contributed by atoms with Gasteiger partial charge in [0.25, 0.3) is 25.8 Å². The molecule has 352 valence electrons. The Morgan fingerprint density at radius 1 is 0.908 bits per heavy atom. The summed E-state index contributed by atoms with van der Waals surface area (Å²) in [6, 6.07) is 16.5. The van der Waals surface area contributed by atoms with E-state index in [1.54, 1.807) is 12.1 Å². The number of sulfone groups is 1. The van der Waals surface area contributed by atoms with Gasteiger partial charge in [0.2, 0.25) is 0 Å². The SMILES string of the molecule is CC1(C)CCC(c2ccc(Cl)cc2)=C(CN2CCN(c3ccc(C(=O)NS(=O)(=O)c4ccc(N[C@H](CCN5CCOCC5)CSC5=CCCC=C5)c(S(=O)(=O)C(F)(F)F)c4)cc3)CC2)C1. The molecule has 2 saturated heterocycles. The summed E-state index contributed by atoms with van der Waals surface area (Å²) in [5, 5.41) is 3.73. The molecule has 18 heteroatoms. The van der Waals surface area contributed by atoms with Crippen LogP contribution in [0.25, 0.3) is 5.57 Å². The van der Waals surface area contributed by atoms with Gasteiger partial charge in [0.15, 0.2) is 0 Å². The van der Waals surface area contributed by atoms with Crippen molar-refractivity contribution in [1.82, 2.24) is 14.5 Å². The van der Waals surface area contributed by atoms with Crippen molar-refractivity contribution in [3.63, 3.8) is 0 Å². The van der Waals surface area contributed by atoms with Crippen LogP contribution in [0.3, 0.4) is 0 Å². The van der Waals surface area contributed by atoms with E-state index in [4.69, 9.17) is 16.3 Å². The average Bonchev–Trinajstić information content (AvgIpc) is 3.28. The zero-order valence-electron chi connectivity index (χ0n) is 36.7. The first-order chi connectivity index (χ1) is 30.9. The van der Waals surface area contributed by atoms with E-state index in [-0.39, 0.29) is 16.7 Å². The van der Waals surface area contributed by atoms with Crippen molar-refractivity contribution in [2.24, 2.45) is 5.41 Å². The zero-order chi connectivity index (χ0) is 46.4. The molecule has 65 heavy (non-hydrogen) atoms. The first-order valence-electron chi connectivity index (χ1n) is 22.0. The van der Waals surface area contributed by atoms with E-state index in [0.717, 1.165) is 87.6 Å². The van der Waals surface area contributed by atoms with Crippen LogP contribution in [0.4, 0.5) is 24.5 Å². The largest absolute Gasteiger partial charge is 0.501 e. The number of alkyl halides is 3. The lowest BCUT2D eigenvalue weighted by Crippen LogP contribution is -2.47. The molecule has 1 amide bonds. The van der Waals surface area contributed by atoms with Crippen LogP contribution >= 0.6 is 23.4 Å². The van der Waals surface area contributed by atoms with Crippen LogP contribution in [0.2, 0.25) is 5.02 Å². The number of sulfonamides is 1. The number of thioether (sulfide) groups is 1. The second-order valence-corrected chi connectivity index (χ2v) is 22.9. The Labute approximate surface area is 390 Å². The lowest BCUT2D eigenvalue weighted by Gasteiger charge is -2.39. The lowest BCUT2D eigenvalue weighted by molar-refractivity contribution is -0.0435. The number of nitrogens with one attached hydrogen (secondary N) is 2. The summed E-state index contributed by atoms with van der Waals surface area (Å²) in [4.78, 5) is 19.1. The Morgan fingerprint density at radius 3 is 2.28 bits per heavy atom. The van der Waals surface area contributed by atoms with Crippen LogP contribution in [0.5, 0.6) is 0 Å². The van der Waals surface area contributed by atoms with E-state index >= 15 is 0 Å². The molecule has 4 aliphatic rings. The summed E-state index contributed by atoms with van der Waals surface area (Å²) in [5.74, 6) is -0.615. The first kappa shape index (κ1) is 49.1. The number of anilines is 2. The zero-order valence-corrected chi connectivity index (χ0v) is 39.9. The molecule has 3 aromatic carbocycles. The Morgan fingerprint density at radius 2 is 1.62 bits per heavy atom. The topological polar surface area (TPSA) is 128 Å². The number of carbonyl (C=O) groups is 1. The fourth-order valence-corrected chi connectivity index (χ4v) is 11.9. The third kappa shape index (κ3) is 12.8. The van der Waals surface area contributed by atoms with Crippen molar-refractivity contribution in [2.45, 2.75) is 73.7 Å². The van der Waals surface area contributed by atoms with E-state index in [0.29, 0.717) is 56.1 Å². The summed E-state index contributed by atoms with van der Waals surface area (Å²) < 4.78 is 103. The molecule has 3 aromatic rings. The third-order valence-electron chi connectivity index (χ3n) is 12.4. The quantitative estimate of drug-likeness (QED) is 0.143. The smallest absolute Gasteiger partial charge is 0.380 e. The molecule has 2 aliphatic carbocycles. The van der Waals surface area contributed by atoms with Gasteiger partial charge >= 0.3 is 5.51 Å². The van der Waals surface area contributed by atoms with Gasteiger partial charge in [0.1, 0.15) is 4.90 Å². The number of carbonyl (C=O) groups excluding carboxylic acids is 1. The highest BCUT2D eigenvalue weighted by Crippen LogP contribution is 2.43. The second kappa shape index (κ2) is 21.0. The number of hydrogen-bond donors (Lipinski definition) is 2. The molecule has 0 radical (unpaired) electrons. The number of ether oxygens (including phenoxy) is 1. The van der Waals surface area contributed by atoms with Gasteiger partial charge in [0.05, 0.1) is 23.8 Å². The van der Waals surface area contributed by atoms with Crippen LogP contribution in [-0.4, -0.2) is 115 Å². The number of benzene rings is 3.